The maximum atomic E-state index is 3.55. The van der Waals surface area contributed by atoms with Crippen molar-refractivity contribution in [3.63, 3.8) is 0 Å². The molecule has 1 N–H and O–H groups in total. The zero-order valence-electron chi connectivity index (χ0n) is 13.1. The number of nitrogens with zero attached hydrogens (tertiary/aromatic N) is 1. The summed E-state index contributed by atoms with van der Waals surface area (Å²) < 4.78 is 0. The average molecular weight is 262 g/mol. The van der Waals surface area contributed by atoms with Crippen molar-refractivity contribution in [2.24, 2.45) is 5.92 Å². The molecule has 0 aliphatic rings. The third-order valence-corrected chi connectivity index (χ3v) is 3.44. The first kappa shape index (κ1) is 16.0. The summed E-state index contributed by atoms with van der Waals surface area (Å²) in [7, 11) is 0. The number of hydrogen-bond acceptors (Lipinski definition) is 2. The topological polar surface area (TPSA) is 15.3 Å². The van der Waals surface area contributed by atoms with E-state index in [9.17, 15) is 0 Å². The summed E-state index contributed by atoms with van der Waals surface area (Å²) >= 11 is 0. The Morgan fingerprint density at radius 2 is 2.00 bits per heavy atom. The van der Waals surface area contributed by atoms with E-state index in [1.54, 1.807) is 0 Å². The van der Waals surface area contributed by atoms with Crippen molar-refractivity contribution in [3.05, 3.63) is 29.8 Å². The molecular weight excluding hydrogens is 232 g/mol. The minimum atomic E-state index is 0.821. The first-order valence-corrected chi connectivity index (χ1v) is 7.65. The Morgan fingerprint density at radius 1 is 1.21 bits per heavy atom. The standard InChI is InChI=1S/C17H30N2/c1-5-19(17-10-6-9-16(4)14-17)13-12-18-11-7-8-15(2)3/h6,9-10,14-15,18H,5,7-8,11-13H2,1-4H3. The predicted octanol–water partition coefficient (Wildman–Crippen LogP) is 3.85. The van der Waals surface area contributed by atoms with Crippen molar-refractivity contribution in [2.45, 2.75) is 40.5 Å². The second-order valence-corrected chi connectivity index (χ2v) is 5.70. The van der Waals surface area contributed by atoms with Gasteiger partial charge in [-0.15, -0.1) is 0 Å². The van der Waals surface area contributed by atoms with Crippen LogP contribution in [0.5, 0.6) is 0 Å². The number of hydrogen-bond donors (Lipinski definition) is 1. The van der Waals surface area contributed by atoms with Crippen LogP contribution in [0.1, 0.15) is 39.2 Å². The predicted molar refractivity (Wildman–Crippen MR) is 86.0 cm³/mol. The summed E-state index contributed by atoms with van der Waals surface area (Å²) in [6.07, 6.45) is 2.61. The molecule has 19 heavy (non-hydrogen) atoms. The number of likely N-dealkylation sites (N-methyl/N-ethyl adjacent to an activating group) is 1. The Morgan fingerprint density at radius 3 is 2.63 bits per heavy atom. The molecule has 0 aromatic heterocycles. The van der Waals surface area contributed by atoms with Gasteiger partial charge in [0.1, 0.15) is 0 Å². The Kier molecular flexibility index (Phi) is 7.57. The molecular formula is C17H30N2. The van der Waals surface area contributed by atoms with Crippen LogP contribution in [0.25, 0.3) is 0 Å². The highest BCUT2D eigenvalue weighted by Gasteiger charge is 2.03. The van der Waals surface area contributed by atoms with Gasteiger partial charge in [-0.3, -0.25) is 0 Å². The fourth-order valence-corrected chi connectivity index (χ4v) is 2.27. The zero-order chi connectivity index (χ0) is 14.1. The molecule has 1 aromatic carbocycles. The summed E-state index contributed by atoms with van der Waals surface area (Å²) in [5.41, 5.74) is 2.67. The lowest BCUT2D eigenvalue weighted by atomic mass is 10.1. The van der Waals surface area contributed by atoms with Gasteiger partial charge in [0.2, 0.25) is 0 Å². The first-order chi connectivity index (χ1) is 9.13. The van der Waals surface area contributed by atoms with Gasteiger partial charge in [0.05, 0.1) is 0 Å². The van der Waals surface area contributed by atoms with Gasteiger partial charge in [0.25, 0.3) is 0 Å². The molecule has 0 fully saturated rings. The van der Waals surface area contributed by atoms with Crippen molar-refractivity contribution in [1.29, 1.82) is 0 Å². The average Bonchev–Trinajstić information content (AvgIpc) is 2.37. The maximum Gasteiger partial charge on any atom is 0.0369 e. The molecule has 0 saturated heterocycles. The Labute approximate surface area is 119 Å². The van der Waals surface area contributed by atoms with E-state index in [-0.39, 0.29) is 0 Å². The number of benzene rings is 1. The molecule has 1 aromatic rings. The van der Waals surface area contributed by atoms with Gasteiger partial charge in [-0.2, -0.15) is 0 Å². The monoisotopic (exact) mass is 262 g/mol. The molecule has 0 aliphatic heterocycles. The molecule has 108 valence electrons. The summed E-state index contributed by atoms with van der Waals surface area (Å²) in [5, 5.41) is 3.55. The lowest BCUT2D eigenvalue weighted by Gasteiger charge is -2.23. The van der Waals surface area contributed by atoms with E-state index in [4.69, 9.17) is 0 Å². The second kappa shape index (κ2) is 8.98. The smallest absolute Gasteiger partial charge is 0.0369 e. The second-order valence-electron chi connectivity index (χ2n) is 5.70. The van der Waals surface area contributed by atoms with Crippen molar-refractivity contribution < 1.29 is 0 Å². The quantitative estimate of drug-likeness (QED) is 0.680. The maximum absolute atomic E-state index is 3.55. The van der Waals surface area contributed by atoms with Crippen molar-refractivity contribution in [3.8, 4) is 0 Å². The molecule has 1 rings (SSSR count). The number of nitrogens with one attached hydrogen (secondary N) is 1. The first-order valence-electron chi connectivity index (χ1n) is 7.65. The van der Waals surface area contributed by atoms with E-state index in [0.717, 1.165) is 32.1 Å². The van der Waals surface area contributed by atoms with Gasteiger partial charge in [0, 0.05) is 25.3 Å². The van der Waals surface area contributed by atoms with Crippen LogP contribution in [0.15, 0.2) is 24.3 Å². The molecule has 0 amide bonds. The lowest BCUT2D eigenvalue weighted by Crippen LogP contribution is -2.32. The van der Waals surface area contributed by atoms with Gasteiger partial charge in [-0.1, -0.05) is 26.0 Å². The minimum Gasteiger partial charge on any atom is -0.371 e. The van der Waals surface area contributed by atoms with Crippen LogP contribution in [0.2, 0.25) is 0 Å². The minimum absolute atomic E-state index is 0.821. The van der Waals surface area contributed by atoms with Gasteiger partial charge >= 0.3 is 0 Å². The van der Waals surface area contributed by atoms with Crippen molar-refractivity contribution in [2.75, 3.05) is 31.1 Å². The van der Waals surface area contributed by atoms with Crippen LogP contribution >= 0.6 is 0 Å². The third kappa shape index (κ3) is 6.63. The largest absolute Gasteiger partial charge is 0.371 e. The number of rotatable bonds is 9. The van der Waals surface area contributed by atoms with E-state index < -0.39 is 0 Å². The molecule has 0 heterocycles. The van der Waals surface area contributed by atoms with Crippen LogP contribution < -0.4 is 10.2 Å². The van der Waals surface area contributed by atoms with Crippen LogP contribution in [-0.4, -0.2) is 26.2 Å². The fraction of sp³-hybridized carbons (Fsp3) is 0.647. The molecule has 2 nitrogen and oxygen atoms in total. The van der Waals surface area contributed by atoms with Gasteiger partial charge in [-0.25, -0.2) is 0 Å². The summed E-state index contributed by atoms with van der Waals surface area (Å²) in [6.45, 7) is 13.3. The highest BCUT2D eigenvalue weighted by atomic mass is 15.1. The molecule has 0 spiro atoms. The lowest BCUT2D eigenvalue weighted by molar-refractivity contribution is 0.528. The normalized spacial score (nSPS) is 11.0. The van der Waals surface area contributed by atoms with Crippen LogP contribution in [0.4, 0.5) is 5.69 Å². The van der Waals surface area contributed by atoms with Gasteiger partial charge in [-0.05, 0) is 56.8 Å². The Balaban J connectivity index is 2.26. The molecule has 0 radical (unpaired) electrons. The molecule has 0 unspecified atom stereocenters. The van der Waals surface area contributed by atoms with E-state index in [1.165, 1.54) is 24.1 Å². The van der Waals surface area contributed by atoms with Crippen molar-refractivity contribution in [1.82, 2.24) is 5.32 Å². The summed E-state index contributed by atoms with van der Waals surface area (Å²) in [5.74, 6) is 0.821. The SMILES string of the molecule is CCN(CCNCCCC(C)C)c1cccc(C)c1. The third-order valence-electron chi connectivity index (χ3n) is 3.44. The molecule has 0 bridgehead atoms. The van der Waals surface area contributed by atoms with Crippen molar-refractivity contribution >= 4 is 5.69 Å². The highest BCUT2D eigenvalue weighted by molar-refractivity contribution is 5.48. The molecule has 0 saturated carbocycles. The molecule has 0 aliphatic carbocycles. The fourth-order valence-electron chi connectivity index (χ4n) is 2.27. The van der Waals surface area contributed by atoms with E-state index in [0.29, 0.717) is 0 Å². The van der Waals surface area contributed by atoms with Crippen LogP contribution in [0, 0.1) is 12.8 Å². The van der Waals surface area contributed by atoms with Gasteiger partial charge < -0.3 is 10.2 Å². The summed E-state index contributed by atoms with van der Waals surface area (Å²) in [4.78, 5) is 2.43. The van der Waals surface area contributed by atoms with E-state index in [2.05, 4.69) is 62.2 Å². The Bertz CT molecular complexity index is 347. The number of anilines is 1. The highest BCUT2D eigenvalue weighted by Crippen LogP contribution is 2.14. The molecule has 2 heteroatoms. The van der Waals surface area contributed by atoms with E-state index >= 15 is 0 Å². The van der Waals surface area contributed by atoms with E-state index in [1.807, 2.05) is 0 Å². The van der Waals surface area contributed by atoms with Crippen LogP contribution in [0.3, 0.4) is 0 Å². The summed E-state index contributed by atoms with van der Waals surface area (Å²) in [6, 6.07) is 8.77. The van der Waals surface area contributed by atoms with Crippen LogP contribution in [-0.2, 0) is 0 Å². The Hall–Kier alpha value is -1.02. The molecule has 0 atom stereocenters. The zero-order valence-corrected chi connectivity index (χ0v) is 13.1. The number of aryl methyl sites for hydroxylation is 1. The van der Waals surface area contributed by atoms with Gasteiger partial charge in [0.15, 0.2) is 0 Å².